The molecule has 6 heteroatoms. The van der Waals surface area contributed by atoms with Gasteiger partial charge in [-0.05, 0) is 36.1 Å². The Balaban J connectivity index is 1.14. The highest BCUT2D eigenvalue weighted by Crippen LogP contribution is 2.20. The molecule has 1 N–H and O–H groups in total. The fraction of sp³-hybridized carbons (Fsp3) is 0.310. The van der Waals surface area contributed by atoms with Gasteiger partial charge in [-0.2, -0.15) is 0 Å². The molecule has 0 saturated carbocycles. The van der Waals surface area contributed by atoms with Crippen molar-refractivity contribution in [1.82, 2.24) is 24.7 Å². The second-order valence-electron chi connectivity index (χ2n) is 9.17. The van der Waals surface area contributed by atoms with Gasteiger partial charge in [-0.15, -0.1) is 0 Å². The number of benzene rings is 3. The Morgan fingerprint density at radius 1 is 0.771 bits per heavy atom. The standard InChI is InChI=1S/C29H33N5O/c35-29(30-17-9-14-24-10-3-1-4-11-24)33-20-18-32(19-21-33)23-28-31-26-15-7-8-16-27(26)34(28)22-25-12-5-2-6-13-25/h1-8,10-13,15-16H,9,14,17-23H2,(H,30,35). The molecule has 1 aliphatic rings. The van der Waals surface area contributed by atoms with Crippen LogP contribution in [0.5, 0.6) is 0 Å². The van der Waals surface area contributed by atoms with Crippen LogP contribution in [0.2, 0.25) is 0 Å². The summed E-state index contributed by atoms with van der Waals surface area (Å²) in [7, 11) is 0. The number of carbonyl (C=O) groups is 1. The Kier molecular flexibility index (Phi) is 7.39. The quantitative estimate of drug-likeness (QED) is 0.387. The summed E-state index contributed by atoms with van der Waals surface area (Å²) in [5.74, 6) is 1.08. The van der Waals surface area contributed by atoms with Gasteiger partial charge in [0.2, 0.25) is 0 Å². The molecule has 1 aliphatic heterocycles. The molecule has 0 atom stereocenters. The second-order valence-corrected chi connectivity index (χ2v) is 9.17. The molecule has 180 valence electrons. The number of aryl methyl sites for hydroxylation is 1. The van der Waals surface area contributed by atoms with Crippen molar-refractivity contribution < 1.29 is 4.79 Å². The highest BCUT2D eigenvalue weighted by molar-refractivity contribution is 5.76. The van der Waals surface area contributed by atoms with Crippen LogP contribution in [0.1, 0.15) is 23.4 Å². The molecule has 3 aromatic carbocycles. The lowest BCUT2D eigenvalue weighted by Crippen LogP contribution is -2.51. The molecule has 2 heterocycles. The van der Waals surface area contributed by atoms with Crippen molar-refractivity contribution >= 4 is 17.1 Å². The Bertz CT molecular complexity index is 1230. The van der Waals surface area contributed by atoms with E-state index in [9.17, 15) is 4.79 Å². The first kappa shape index (κ1) is 23.1. The minimum absolute atomic E-state index is 0.0500. The third-order valence-corrected chi connectivity index (χ3v) is 6.70. The first-order valence-corrected chi connectivity index (χ1v) is 12.5. The molecular formula is C29H33N5O. The summed E-state index contributed by atoms with van der Waals surface area (Å²) in [6.07, 6.45) is 1.94. The van der Waals surface area contributed by atoms with Gasteiger partial charge in [0, 0.05) is 39.3 Å². The Morgan fingerprint density at radius 2 is 1.43 bits per heavy atom. The number of rotatable bonds is 8. The monoisotopic (exact) mass is 467 g/mol. The van der Waals surface area contributed by atoms with Gasteiger partial charge in [0.25, 0.3) is 0 Å². The van der Waals surface area contributed by atoms with E-state index in [-0.39, 0.29) is 6.03 Å². The summed E-state index contributed by atoms with van der Waals surface area (Å²) in [5.41, 5.74) is 4.78. The summed E-state index contributed by atoms with van der Waals surface area (Å²) < 4.78 is 2.33. The average molecular weight is 468 g/mol. The maximum absolute atomic E-state index is 12.6. The fourth-order valence-electron chi connectivity index (χ4n) is 4.74. The molecular weight excluding hydrogens is 434 g/mol. The van der Waals surface area contributed by atoms with E-state index in [0.29, 0.717) is 6.54 Å². The van der Waals surface area contributed by atoms with Gasteiger partial charge in [-0.3, -0.25) is 4.90 Å². The summed E-state index contributed by atoms with van der Waals surface area (Å²) in [6.45, 7) is 5.48. The largest absolute Gasteiger partial charge is 0.338 e. The van der Waals surface area contributed by atoms with Crippen molar-refractivity contribution in [2.24, 2.45) is 0 Å². The van der Waals surface area contributed by atoms with Crippen LogP contribution in [0, 0.1) is 0 Å². The molecule has 2 amide bonds. The number of hydrogen-bond donors (Lipinski definition) is 1. The number of hydrogen-bond acceptors (Lipinski definition) is 3. The zero-order valence-electron chi connectivity index (χ0n) is 20.1. The number of carbonyl (C=O) groups excluding carboxylic acids is 1. The third kappa shape index (κ3) is 5.89. The molecule has 0 unspecified atom stereocenters. The minimum Gasteiger partial charge on any atom is -0.338 e. The van der Waals surface area contributed by atoms with Crippen molar-refractivity contribution in [3.63, 3.8) is 0 Å². The van der Waals surface area contributed by atoms with E-state index in [0.717, 1.165) is 63.5 Å². The number of piperazine rings is 1. The van der Waals surface area contributed by atoms with Gasteiger partial charge in [-0.1, -0.05) is 72.8 Å². The molecule has 1 fully saturated rings. The normalized spacial score (nSPS) is 14.3. The molecule has 35 heavy (non-hydrogen) atoms. The van der Waals surface area contributed by atoms with Crippen LogP contribution in [-0.2, 0) is 19.5 Å². The molecule has 1 saturated heterocycles. The van der Waals surface area contributed by atoms with Gasteiger partial charge in [-0.25, -0.2) is 9.78 Å². The van der Waals surface area contributed by atoms with Crippen LogP contribution in [0.3, 0.4) is 0 Å². The van der Waals surface area contributed by atoms with Gasteiger partial charge >= 0.3 is 6.03 Å². The zero-order chi connectivity index (χ0) is 23.9. The first-order chi connectivity index (χ1) is 17.3. The smallest absolute Gasteiger partial charge is 0.317 e. The number of imidazole rings is 1. The highest BCUT2D eigenvalue weighted by atomic mass is 16.2. The predicted octanol–water partition coefficient (Wildman–Crippen LogP) is 4.54. The Hall–Kier alpha value is -3.64. The number of amides is 2. The van der Waals surface area contributed by atoms with E-state index >= 15 is 0 Å². The lowest BCUT2D eigenvalue weighted by Gasteiger charge is -2.34. The van der Waals surface area contributed by atoms with Crippen molar-refractivity contribution in [1.29, 1.82) is 0 Å². The number of para-hydroxylation sites is 2. The van der Waals surface area contributed by atoms with Crippen molar-refractivity contribution in [3.8, 4) is 0 Å². The molecule has 0 bridgehead atoms. The molecule has 6 nitrogen and oxygen atoms in total. The number of urea groups is 1. The zero-order valence-corrected chi connectivity index (χ0v) is 20.1. The van der Waals surface area contributed by atoms with E-state index in [2.05, 4.69) is 87.6 Å². The SMILES string of the molecule is O=C(NCCCc1ccccc1)N1CCN(Cc2nc3ccccc3n2Cc2ccccc2)CC1. The van der Waals surface area contributed by atoms with Crippen molar-refractivity contribution in [3.05, 3.63) is 102 Å². The van der Waals surface area contributed by atoms with Crippen molar-refractivity contribution in [2.75, 3.05) is 32.7 Å². The van der Waals surface area contributed by atoms with Gasteiger partial charge in [0.05, 0.1) is 17.6 Å². The van der Waals surface area contributed by atoms with Crippen LogP contribution in [-0.4, -0.2) is 58.1 Å². The lowest BCUT2D eigenvalue weighted by molar-refractivity contribution is 0.133. The third-order valence-electron chi connectivity index (χ3n) is 6.70. The topological polar surface area (TPSA) is 53.4 Å². The van der Waals surface area contributed by atoms with Crippen LogP contribution in [0.4, 0.5) is 4.79 Å². The van der Waals surface area contributed by atoms with E-state index in [1.807, 2.05) is 17.0 Å². The Labute approximate surface area is 207 Å². The van der Waals surface area contributed by atoms with Crippen LogP contribution in [0.15, 0.2) is 84.9 Å². The number of fused-ring (bicyclic) bond motifs is 1. The summed E-state index contributed by atoms with van der Waals surface area (Å²) in [6, 6.07) is 29.4. The first-order valence-electron chi connectivity index (χ1n) is 12.5. The molecule has 1 aromatic heterocycles. The van der Waals surface area contributed by atoms with Crippen LogP contribution < -0.4 is 5.32 Å². The molecule has 0 aliphatic carbocycles. The second kappa shape index (κ2) is 11.2. The molecule has 0 spiro atoms. The number of nitrogens with one attached hydrogen (secondary N) is 1. The number of aromatic nitrogens is 2. The van der Waals surface area contributed by atoms with Crippen molar-refractivity contribution in [2.45, 2.75) is 25.9 Å². The molecule has 5 rings (SSSR count). The van der Waals surface area contributed by atoms with E-state index in [4.69, 9.17) is 4.98 Å². The fourth-order valence-corrected chi connectivity index (χ4v) is 4.74. The summed E-state index contributed by atoms with van der Waals surface area (Å²) in [5, 5.41) is 3.09. The lowest BCUT2D eigenvalue weighted by atomic mass is 10.1. The van der Waals surface area contributed by atoms with E-state index in [1.165, 1.54) is 16.6 Å². The summed E-state index contributed by atoms with van der Waals surface area (Å²) >= 11 is 0. The maximum Gasteiger partial charge on any atom is 0.317 e. The highest BCUT2D eigenvalue weighted by Gasteiger charge is 2.22. The van der Waals surface area contributed by atoms with E-state index in [1.54, 1.807) is 0 Å². The predicted molar refractivity (Wildman–Crippen MR) is 140 cm³/mol. The molecule has 0 radical (unpaired) electrons. The van der Waals surface area contributed by atoms with Gasteiger partial charge < -0.3 is 14.8 Å². The van der Waals surface area contributed by atoms with Gasteiger partial charge in [0.1, 0.15) is 5.82 Å². The molecule has 4 aromatic rings. The number of nitrogens with zero attached hydrogens (tertiary/aromatic N) is 4. The van der Waals surface area contributed by atoms with Gasteiger partial charge in [0.15, 0.2) is 0 Å². The summed E-state index contributed by atoms with van der Waals surface area (Å²) in [4.78, 5) is 21.9. The van der Waals surface area contributed by atoms with Crippen LogP contribution in [0.25, 0.3) is 11.0 Å². The minimum atomic E-state index is 0.0500. The maximum atomic E-state index is 12.6. The Morgan fingerprint density at radius 3 is 2.17 bits per heavy atom. The average Bonchev–Trinajstić information content (AvgIpc) is 3.25. The van der Waals surface area contributed by atoms with Crippen LogP contribution >= 0.6 is 0 Å². The van der Waals surface area contributed by atoms with E-state index < -0.39 is 0 Å².